The van der Waals surface area contributed by atoms with Crippen LogP contribution in [0.25, 0.3) is 0 Å². The van der Waals surface area contributed by atoms with Crippen molar-refractivity contribution in [1.29, 1.82) is 5.41 Å². The van der Waals surface area contributed by atoms with Crippen LogP contribution in [0.1, 0.15) is 31.9 Å². The minimum absolute atomic E-state index is 0.00878. The Balaban J connectivity index is 2.81. The van der Waals surface area contributed by atoms with Crippen LogP contribution in [0.3, 0.4) is 0 Å². The van der Waals surface area contributed by atoms with E-state index in [2.05, 4.69) is 16.0 Å². The maximum Gasteiger partial charge on any atom is 0.321 e. The van der Waals surface area contributed by atoms with Crippen molar-refractivity contribution in [2.75, 3.05) is 5.32 Å². The van der Waals surface area contributed by atoms with Crippen LogP contribution in [0.4, 0.5) is 16.2 Å². The van der Waals surface area contributed by atoms with Crippen LogP contribution >= 0.6 is 0 Å². The van der Waals surface area contributed by atoms with Crippen molar-refractivity contribution in [2.45, 2.75) is 40.2 Å². The summed E-state index contributed by atoms with van der Waals surface area (Å²) in [6.45, 7) is 8.88. The van der Waals surface area contributed by atoms with Gasteiger partial charge in [0, 0.05) is 23.4 Å². The molecule has 0 aromatic heterocycles. The van der Waals surface area contributed by atoms with Crippen LogP contribution in [0.15, 0.2) is 12.1 Å². The Morgan fingerprint density at radius 2 is 1.73 bits per heavy atom. The second-order valence-electron chi connectivity index (χ2n) is 6.04. The summed E-state index contributed by atoms with van der Waals surface area (Å²) in [6, 6.07) is 2.33. The highest BCUT2D eigenvalue weighted by molar-refractivity contribution is 6.02. The molecule has 8 nitrogen and oxygen atoms in total. The van der Waals surface area contributed by atoms with E-state index in [0.717, 1.165) is 0 Å². The lowest BCUT2D eigenvalue weighted by atomic mass is 10.1. The number of guanidine groups is 1. The SMILES string of the molecule is Cc1cc([N+](=O)[O-])cc(C)c1NC(=N)NC(=O)NC(C)(C)C. The van der Waals surface area contributed by atoms with Gasteiger partial charge in [-0.3, -0.25) is 20.8 Å². The van der Waals surface area contributed by atoms with E-state index in [1.165, 1.54) is 12.1 Å². The van der Waals surface area contributed by atoms with Crippen LogP contribution in [0.5, 0.6) is 0 Å². The second-order valence-corrected chi connectivity index (χ2v) is 6.04. The summed E-state index contributed by atoms with van der Waals surface area (Å²) in [5, 5.41) is 26.4. The van der Waals surface area contributed by atoms with Crippen LogP contribution < -0.4 is 16.0 Å². The van der Waals surface area contributed by atoms with Crippen molar-refractivity contribution < 1.29 is 9.72 Å². The fourth-order valence-corrected chi connectivity index (χ4v) is 1.88. The van der Waals surface area contributed by atoms with E-state index < -0.39 is 16.5 Å². The molecule has 0 aliphatic carbocycles. The standard InChI is InChI=1S/C14H21N5O3/c1-8-6-10(19(21)22)7-9(2)11(8)16-12(15)17-13(20)18-14(3,4)5/h6-7H,1-5H3,(H4,15,16,17,18,20). The normalized spacial score (nSPS) is 10.8. The zero-order valence-electron chi connectivity index (χ0n) is 13.3. The van der Waals surface area contributed by atoms with E-state index in [9.17, 15) is 14.9 Å². The van der Waals surface area contributed by atoms with Crippen LogP contribution in [-0.4, -0.2) is 22.5 Å². The van der Waals surface area contributed by atoms with Gasteiger partial charge in [0.2, 0.25) is 5.96 Å². The lowest BCUT2D eigenvalue weighted by Gasteiger charge is -2.21. The van der Waals surface area contributed by atoms with Crippen molar-refractivity contribution in [2.24, 2.45) is 0 Å². The van der Waals surface area contributed by atoms with E-state index in [1.807, 2.05) is 20.8 Å². The molecule has 1 aromatic carbocycles. The summed E-state index contributed by atoms with van der Waals surface area (Å²) in [7, 11) is 0. The average Bonchev–Trinajstić information content (AvgIpc) is 2.30. The van der Waals surface area contributed by atoms with Gasteiger partial charge in [-0.05, 0) is 45.7 Å². The molecular weight excluding hydrogens is 286 g/mol. The number of carbonyl (C=O) groups excluding carboxylic acids is 1. The third-order valence-electron chi connectivity index (χ3n) is 2.71. The number of nitrogens with zero attached hydrogens (tertiary/aromatic N) is 1. The molecule has 0 saturated heterocycles. The molecule has 0 atom stereocenters. The Bertz CT molecular complexity index is 596. The predicted octanol–water partition coefficient (Wildman–Crippen LogP) is 2.66. The van der Waals surface area contributed by atoms with Crippen molar-refractivity contribution >= 4 is 23.4 Å². The number of hydrogen-bond acceptors (Lipinski definition) is 4. The highest BCUT2D eigenvalue weighted by Crippen LogP contribution is 2.25. The Labute approximate surface area is 129 Å². The van der Waals surface area contributed by atoms with Gasteiger partial charge in [0.05, 0.1) is 4.92 Å². The largest absolute Gasteiger partial charge is 0.333 e. The summed E-state index contributed by atoms with van der Waals surface area (Å²) >= 11 is 0. The van der Waals surface area contributed by atoms with Crippen LogP contribution in [0.2, 0.25) is 0 Å². The van der Waals surface area contributed by atoms with Gasteiger partial charge in [0.15, 0.2) is 0 Å². The molecule has 0 spiro atoms. The first kappa shape index (κ1) is 17.4. The topological polar surface area (TPSA) is 120 Å². The van der Waals surface area contributed by atoms with Crippen LogP contribution in [0, 0.1) is 29.4 Å². The maximum absolute atomic E-state index is 11.7. The quantitative estimate of drug-likeness (QED) is 0.290. The average molecular weight is 307 g/mol. The molecule has 0 bridgehead atoms. The Kier molecular flexibility index (Phi) is 5.08. The molecule has 0 fully saturated rings. The number of urea groups is 1. The fraction of sp³-hybridized carbons (Fsp3) is 0.429. The van der Waals surface area contributed by atoms with Crippen molar-refractivity contribution in [3.63, 3.8) is 0 Å². The first-order valence-electron chi connectivity index (χ1n) is 6.70. The maximum atomic E-state index is 11.7. The Morgan fingerprint density at radius 1 is 1.23 bits per heavy atom. The molecule has 0 unspecified atom stereocenters. The first-order valence-corrected chi connectivity index (χ1v) is 6.70. The summed E-state index contributed by atoms with van der Waals surface area (Å²) in [5.41, 5.74) is 1.38. The molecule has 22 heavy (non-hydrogen) atoms. The molecule has 0 aliphatic rings. The number of anilines is 1. The number of nitrogens with one attached hydrogen (secondary N) is 4. The molecule has 2 amide bonds. The molecular formula is C14H21N5O3. The predicted molar refractivity (Wildman–Crippen MR) is 85.3 cm³/mol. The van der Waals surface area contributed by atoms with E-state index in [0.29, 0.717) is 16.8 Å². The van der Waals surface area contributed by atoms with E-state index >= 15 is 0 Å². The zero-order valence-corrected chi connectivity index (χ0v) is 13.3. The van der Waals surface area contributed by atoms with Gasteiger partial charge in [-0.15, -0.1) is 0 Å². The lowest BCUT2D eigenvalue weighted by Crippen LogP contribution is -2.49. The molecule has 0 saturated carbocycles. The fourth-order valence-electron chi connectivity index (χ4n) is 1.88. The summed E-state index contributed by atoms with van der Waals surface area (Å²) in [5.74, 6) is -0.207. The molecule has 120 valence electrons. The van der Waals surface area contributed by atoms with Crippen LogP contribution in [-0.2, 0) is 0 Å². The lowest BCUT2D eigenvalue weighted by molar-refractivity contribution is -0.384. The van der Waals surface area contributed by atoms with Gasteiger partial charge in [0.1, 0.15) is 0 Å². The summed E-state index contributed by atoms with van der Waals surface area (Å²) in [4.78, 5) is 22.0. The number of nitro benzene ring substituents is 1. The number of aryl methyl sites for hydroxylation is 2. The monoisotopic (exact) mass is 307 g/mol. The van der Waals surface area contributed by atoms with E-state index in [-0.39, 0.29) is 11.6 Å². The minimum atomic E-state index is -0.498. The number of benzene rings is 1. The van der Waals surface area contributed by atoms with Crippen molar-refractivity contribution in [3.8, 4) is 0 Å². The van der Waals surface area contributed by atoms with Gasteiger partial charge < -0.3 is 10.6 Å². The number of hydrogen-bond donors (Lipinski definition) is 4. The number of carbonyl (C=O) groups is 1. The van der Waals surface area contributed by atoms with Gasteiger partial charge in [-0.25, -0.2) is 4.79 Å². The minimum Gasteiger partial charge on any atom is -0.333 e. The number of rotatable bonds is 2. The third kappa shape index (κ3) is 5.04. The second kappa shape index (κ2) is 6.42. The molecule has 0 radical (unpaired) electrons. The van der Waals surface area contributed by atoms with Gasteiger partial charge >= 0.3 is 6.03 Å². The number of non-ortho nitro benzene ring substituents is 1. The Morgan fingerprint density at radius 3 is 2.14 bits per heavy atom. The summed E-state index contributed by atoms with van der Waals surface area (Å²) < 4.78 is 0. The zero-order chi connectivity index (χ0) is 17.1. The molecule has 1 rings (SSSR count). The van der Waals surface area contributed by atoms with Crippen molar-refractivity contribution in [1.82, 2.24) is 10.6 Å². The van der Waals surface area contributed by atoms with E-state index in [4.69, 9.17) is 5.41 Å². The highest BCUT2D eigenvalue weighted by atomic mass is 16.6. The van der Waals surface area contributed by atoms with Crippen molar-refractivity contribution in [3.05, 3.63) is 33.4 Å². The first-order chi connectivity index (χ1) is 9.99. The smallest absolute Gasteiger partial charge is 0.321 e. The molecule has 4 N–H and O–H groups in total. The van der Waals surface area contributed by atoms with Gasteiger partial charge in [0.25, 0.3) is 5.69 Å². The third-order valence-corrected chi connectivity index (χ3v) is 2.71. The number of nitro groups is 1. The number of amides is 2. The van der Waals surface area contributed by atoms with Gasteiger partial charge in [-0.2, -0.15) is 0 Å². The van der Waals surface area contributed by atoms with Gasteiger partial charge in [-0.1, -0.05) is 0 Å². The van der Waals surface area contributed by atoms with E-state index in [1.54, 1.807) is 13.8 Å². The molecule has 0 aliphatic heterocycles. The highest BCUT2D eigenvalue weighted by Gasteiger charge is 2.16. The molecule has 8 heteroatoms. The molecule has 1 aromatic rings. The Hall–Kier alpha value is -2.64. The molecule has 0 heterocycles. The summed E-state index contributed by atoms with van der Waals surface area (Å²) in [6.07, 6.45) is 0.